The Bertz CT molecular complexity index is 433. The van der Waals surface area contributed by atoms with E-state index < -0.39 is 0 Å². The van der Waals surface area contributed by atoms with Gasteiger partial charge in [0.15, 0.2) is 0 Å². The van der Waals surface area contributed by atoms with Crippen LogP contribution in [0.1, 0.15) is 18.5 Å². The predicted octanol–water partition coefficient (Wildman–Crippen LogP) is 2.38. The Kier molecular flexibility index (Phi) is 5.78. The van der Waals surface area contributed by atoms with Crippen molar-refractivity contribution in [3.8, 4) is 0 Å². The second kappa shape index (κ2) is 7.36. The molecule has 1 saturated heterocycles. The topological polar surface area (TPSA) is 18.5 Å². The van der Waals surface area contributed by atoms with Gasteiger partial charge in [0.05, 0.1) is 5.02 Å². The van der Waals surface area contributed by atoms with Crippen molar-refractivity contribution >= 4 is 11.6 Å². The third-order valence-electron chi connectivity index (χ3n) is 3.92. The van der Waals surface area contributed by atoms with Gasteiger partial charge in [-0.3, -0.25) is 4.90 Å². The number of likely N-dealkylation sites (N-methyl/N-ethyl adjacent to an activating group) is 1. The Morgan fingerprint density at radius 2 is 2.00 bits per heavy atom. The summed E-state index contributed by atoms with van der Waals surface area (Å²) in [7, 11) is 2.16. The SMILES string of the molecule is CC(NCCN1CCN(C)CC1)c1ccc(Cl)c(F)c1. The van der Waals surface area contributed by atoms with Crippen LogP contribution in [0.15, 0.2) is 18.2 Å². The molecule has 0 aliphatic carbocycles. The summed E-state index contributed by atoms with van der Waals surface area (Å²) in [6.07, 6.45) is 0. The molecule has 3 nitrogen and oxygen atoms in total. The predicted molar refractivity (Wildman–Crippen MR) is 81.8 cm³/mol. The van der Waals surface area contributed by atoms with E-state index in [1.165, 1.54) is 6.07 Å². The van der Waals surface area contributed by atoms with Crippen molar-refractivity contribution in [3.63, 3.8) is 0 Å². The van der Waals surface area contributed by atoms with Crippen LogP contribution in [0.25, 0.3) is 0 Å². The molecule has 5 heteroatoms. The molecule has 1 aromatic rings. The Morgan fingerprint density at radius 1 is 1.30 bits per heavy atom. The van der Waals surface area contributed by atoms with Crippen molar-refractivity contribution in [1.82, 2.24) is 15.1 Å². The summed E-state index contributed by atoms with van der Waals surface area (Å²) in [6.45, 7) is 8.52. The fraction of sp³-hybridized carbons (Fsp3) is 0.600. The zero-order valence-corrected chi connectivity index (χ0v) is 13.0. The van der Waals surface area contributed by atoms with Crippen LogP contribution in [0.2, 0.25) is 5.02 Å². The van der Waals surface area contributed by atoms with Gasteiger partial charge in [0, 0.05) is 45.3 Å². The zero-order valence-electron chi connectivity index (χ0n) is 12.2. The van der Waals surface area contributed by atoms with Gasteiger partial charge in [0.1, 0.15) is 5.82 Å². The maximum Gasteiger partial charge on any atom is 0.142 e. The highest BCUT2D eigenvalue weighted by Crippen LogP contribution is 2.19. The lowest BCUT2D eigenvalue weighted by Crippen LogP contribution is -2.46. The molecule has 1 heterocycles. The molecule has 0 amide bonds. The van der Waals surface area contributed by atoms with Gasteiger partial charge in [0.25, 0.3) is 0 Å². The first kappa shape index (κ1) is 15.7. The van der Waals surface area contributed by atoms with E-state index in [1.54, 1.807) is 6.07 Å². The molecule has 0 saturated carbocycles. The lowest BCUT2D eigenvalue weighted by Gasteiger charge is -2.32. The van der Waals surface area contributed by atoms with Crippen LogP contribution in [-0.4, -0.2) is 56.1 Å². The average molecular weight is 300 g/mol. The fourth-order valence-electron chi connectivity index (χ4n) is 2.41. The van der Waals surface area contributed by atoms with Crippen molar-refractivity contribution in [1.29, 1.82) is 0 Å². The third-order valence-corrected chi connectivity index (χ3v) is 4.22. The maximum absolute atomic E-state index is 13.4. The van der Waals surface area contributed by atoms with Crippen molar-refractivity contribution in [2.75, 3.05) is 46.3 Å². The van der Waals surface area contributed by atoms with Crippen molar-refractivity contribution in [3.05, 3.63) is 34.6 Å². The van der Waals surface area contributed by atoms with Crippen LogP contribution < -0.4 is 5.32 Å². The van der Waals surface area contributed by atoms with Gasteiger partial charge in [-0.05, 0) is 31.7 Å². The Labute approximate surface area is 125 Å². The van der Waals surface area contributed by atoms with E-state index in [0.717, 1.165) is 44.8 Å². The molecule has 0 spiro atoms. The fourth-order valence-corrected chi connectivity index (χ4v) is 2.53. The summed E-state index contributed by atoms with van der Waals surface area (Å²) in [4.78, 5) is 4.81. The van der Waals surface area contributed by atoms with E-state index in [9.17, 15) is 4.39 Å². The molecular formula is C15H23ClFN3. The van der Waals surface area contributed by atoms with Gasteiger partial charge in [-0.1, -0.05) is 17.7 Å². The quantitative estimate of drug-likeness (QED) is 0.900. The summed E-state index contributed by atoms with van der Waals surface area (Å²) < 4.78 is 13.4. The first-order valence-corrected chi connectivity index (χ1v) is 7.53. The van der Waals surface area contributed by atoms with Crippen LogP contribution in [0.4, 0.5) is 4.39 Å². The molecule has 0 radical (unpaired) electrons. The van der Waals surface area contributed by atoms with Crippen molar-refractivity contribution in [2.24, 2.45) is 0 Å². The molecule has 112 valence electrons. The minimum absolute atomic E-state index is 0.134. The Balaban J connectivity index is 1.74. The normalized spacial score (nSPS) is 19.2. The van der Waals surface area contributed by atoms with Crippen LogP contribution in [0.3, 0.4) is 0 Å². The first-order valence-electron chi connectivity index (χ1n) is 7.15. The number of hydrogen-bond donors (Lipinski definition) is 1. The molecule has 0 bridgehead atoms. The molecule has 1 aromatic carbocycles. The highest BCUT2D eigenvalue weighted by molar-refractivity contribution is 6.30. The molecule has 2 rings (SSSR count). The molecule has 0 aromatic heterocycles. The summed E-state index contributed by atoms with van der Waals surface area (Å²) in [5.74, 6) is -0.350. The van der Waals surface area contributed by atoms with Crippen molar-refractivity contribution in [2.45, 2.75) is 13.0 Å². The van der Waals surface area contributed by atoms with E-state index in [2.05, 4.69) is 22.2 Å². The number of nitrogens with one attached hydrogen (secondary N) is 1. The second-order valence-electron chi connectivity index (χ2n) is 5.49. The zero-order chi connectivity index (χ0) is 14.5. The Morgan fingerprint density at radius 3 is 2.65 bits per heavy atom. The first-order chi connectivity index (χ1) is 9.56. The maximum atomic E-state index is 13.4. The van der Waals surface area contributed by atoms with Crippen LogP contribution in [0, 0.1) is 5.82 Å². The minimum Gasteiger partial charge on any atom is -0.309 e. The summed E-state index contributed by atoms with van der Waals surface area (Å²) in [5, 5.41) is 3.62. The van der Waals surface area contributed by atoms with E-state index >= 15 is 0 Å². The van der Waals surface area contributed by atoms with Gasteiger partial charge in [-0.2, -0.15) is 0 Å². The number of halogens is 2. The Hall–Kier alpha value is -0.680. The lowest BCUT2D eigenvalue weighted by molar-refractivity contribution is 0.154. The number of nitrogens with zero attached hydrogens (tertiary/aromatic N) is 2. The minimum atomic E-state index is -0.350. The van der Waals surface area contributed by atoms with Crippen LogP contribution in [0.5, 0.6) is 0 Å². The molecule has 1 atom stereocenters. The van der Waals surface area contributed by atoms with Gasteiger partial charge in [0.2, 0.25) is 0 Å². The monoisotopic (exact) mass is 299 g/mol. The summed E-state index contributed by atoms with van der Waals surface area (Å²) >= 11 is 5.70. The smallest absolute Gasteiger partial charge is 0.142 e. The molecule has 20 heavy (non-hydrogen) atoms. The lowest BCUT2D eigenvalue weighted by atomic mass is 10.1. The van der Waals surface area contributed by atoms with Gasteiger partial charge in [-0.15, -0.1) is 0 Å². The molecule has 1 aliphatic heterocycles. The number of piperazine rings is 1. The third kappa shape index (κ3) is 4.42. The average Bonchev–Trinajstić information content (AvgIpc) is 2.44. The van der Waals surface area contributed by atoms with E-state index in [0.29, 0.717) is 0 Å². The summed E-state index contributed by atoms with van der Waals surface area (Å²) in [5.41, 5.74) is 0.935. The van der Waals surface area contributed by atoms with Gasteiger partial charge >= 0.3 is 0 Å². The van der Waals surface area contributed by atoms with E-state index in [-0.39, 0.29) is 16.9 Å². The number of benzene rings is 1. The molecule has 1 fully saturated rings. The molecule has 1 aliphatic rings. The van der Waals surface area contributed by atoms with Crippen molar-refractivity contribution < 1.29 is 4.39 Å². The largest absolute Gasteiger partial charge is 0.309 e. The molecular weight excluding hydrogens is 277 g/mol. The molecule has 1 N–H and O–H groups in total. The molecule has 1 unspecified atom stereocenters. The number of hydrogen-bond acceptors (Lipinski definition) is 3. The highest BCUT2D eigenvalue weighted by Gasteiger charge is 2.13. The van der Waals surface area contributed by atoms with Gasteiger partial charge in [-0.25, -0.2) is 4.39 Å². The second-order valence-corrected chi connectivity index (χ2v) is 5.90. The van der Waals surface area contributed by atoms with Gasteiger partial charge < -0.3 is 10.2 Å². The highest BCUT2D eigenvalue weighted by atomic mass is 35.5. The van der Waals surface area contributed by atoms with E-state index in [4.69, 9.17) is 11.6 Å². The van der Waals surface area contributed by atoms with Crippen LogP contribution in [-0.2, 0) is 0 Å². The summed E-state index contributed by atoms with van der Waals surface area (Å²) in [6, 6.07) is 5.13. The standard InChI is InChI=1S/C15H23ClFN3/c1-12(13-3-4-14(16)15(17)11-13)18-5-6-20-9-7-19(2)8-10-20/h3-4,11-12,18H,5-10H2,1-2H3. The van der Waals surface area contributed by atoms with E-state index in [1.807, 2.05) is 13.0 Å². The number of rotatable bonds is 5. The van der Waals surface area contributed by atoms with Crippen LogP contribution >= 0.6 is 11.6 Å².